The van der Waals surface area contributed by atoms with Crippen LogP contribution in [0.2, 0.25) is 0 Å². The summed E-state index contributed by atoms with van der Waals surface area (Å²) < 4.78 is 6.97. The van der Waals surface area contributed by atoms with Crippen molar-refractivity contribution in [2.24, 2.45) is 0 Å². The molecule has 0 unspecified atom stereocenters. The van der Waals surface area contributed by atoms with Gasteiger partial charge in [0.25, 0.3) is 5.56 Å². The van der Waals surface area contributed by atoms with Crippen LogP contribution in [0.3, 0.4) is 0 Å². The number of hydrogen-bond donors (Lipinski definition) is 1. The Morgan fingerprint density at radius 2 is 1.75 bits per heavy atom. The Morgan fingerprint density at radius 1 is 1.05 bits per heavy atom. The predicted octanol–water partition coefficient (Wildman–Crippen LogP) is 1.26. The topological polar surface area (TPSA) is 60.5 Å². The van der Waals surface area contributed by atoms with Gasteiger partial charge in [-0.25, -0.2) is 0 Å². The van der Waals surface area contributed by atoms with Gasteiger partial charge in [0, 0.05) is 30.7 Å². The van der Waals surface area contributed by atoms with Crippen LogP contribution in [-0.4, -0.2) is 30.9 Å². The minimum absolute atomic E-state index is 0.0147. The van der Waals surface area contributed by atoms with E-state index in [1.165, 1.54) is 0 Å². The van der Waals surface area contributed by atoms with Crippen LogP contribution >= 0.6 is 0 Å². The Kier molecular flexibility index (Phi) is 3.43. The number of aromatic nitrogens is 1. The molecule has 5 nitrogen and oxygen atoms in total. The van der Waals surface area contributed by atoms with Gasteiger partial charge in [0.1, 0.15) is 5.69 Å². The van der Waals surface area contributed by atoms with Crippen molar-refractivity contribution in [2.75, 3.05) is 36.9 Å². The molecule has 2 heterocycles. The summed E-state index contributed by atoms with van der Waals surface area (Å²) in [7, 11) is 0. The molecule has 1 saturated heterocycles. The molecule has 1 aromatic heterocycles. The number of hydrogen-bond acceptors (Lipinski definition) is 4. The predicted molar refractivity (Wildman–Crippen MR) is 79.5 cm³/mol. The van der Waals surface area contributed by atoms with Crippen LogP contribution in [0.1, 0.15) is 0 Å². The molecule has 104 valence electrons. The minimum Gasteiger partial charge on any atom is -0.399 e. The van der Waals surface area contributed by atoms with E-state index in [1.54, 1.807) is 22.9 Å². The number of benzene rings is 1. The number of morpholine rings is 1. The maximum absolute atomic E-state index is 12.6. The molecule has 0 bridgehead atoms. The Bertz CT molecular complexity index is 643. The second kappa shape index (κ2) is 5.38. The van der Waals surface area contributed by atoms with Gasteiger partial charge < -0.3 is 15.4 Å². The van der Waals surface area contributed by atoms with Crippen molar-refractivity contribution in [1.29, 1.82) is 0 Å². The zero-order valence-corrected chi connectivity index (χ0v) is 11.2. The van der Waals surface area contributed by atoms with Gasteiger partial charge in [-0.05, 0) is 36.4 Å². The smallest absolute Gasteiger partial charge is 0.278 e. The molecule has 0 radical (unpaired) electrons. The van der Waals surface area contributed by atoms with Crippen LogP contribution in [-0.2, 0) is 4.74 Å². The zero-order valence-electron chi connectivity index (χ0n) is 11.2. The van der Waals surface area contributed by atoms with E-state index in [-0.39, 0.29) is 5.56 Å². The first-order valence-electron chi connectivity index (χ1n) is 6.66. The molecule has 1 fully saturated rings. The van der Waals surface area contributed by atoms with Crippen molar-refractivity contribution < 1.29 is 4.74 Å². The molecule has 0 atom stereocenters. The molecule has 2 N–H and O–H groups in total. The largest absolute Gasteiger partial charge is 0.399 e. The molecule has 0 amide bonds. The summed E-state index contributed by atoms with van der Waals surface area (Å²) in [6.07, 6.45) is 1.78. The highest BCUT2D eigenvalue weighted by Gasteiger charge is 2.15. The fourth-order valence-electron chi connectivity index (χ4n) is 2.37. The van der Waals surface area contributed by atoms with Crippen molar-refractivity contribution >= 4 is 11.4 Å². The first-order chi connectivity index (χ1) is 9.75. The number of nitrogens with zero attached hydrogens (tertiary/aromatic N) is 2. The molecule has 20 heavy (non-hydrogen) atoms. The van der Waals surface area contributed by atoms with Gasteiger partial charge in [-0.1, -0.05) is 0 Å². The standard InChI is InChI=1S/C15H17N3O2/c16-12-3-5-13(6-4-12)18-7-1-2-14(15(18)19)17-8-10-20-11-9-17/h1-7H,8-11,16H2. The average molecular weight is 271 g/mol. The Balaban J connectivity index is 2.00. The van der Waals surface area contributed by atoms with E-state index in [4.69, 9.17) is 10.5 Å². The highest BCUT2D eigenvalue weighted by atomic mass is 16.5. The van der Waals surface area contributed by atoms with E-state index in [0.29, 0.717) is 24.6 Å². The molecular formula is C15H17N3O2. The molecule has 3 rings (SSSR count). The lowest BCUT2D eigenvalue weighted by atomic mass is 10.2. The monoisotopic (exact) mass is 271 g/mol. The number of pyridine rings is 1. The number of nitrogens with two attached hydrogens (primary N) is 1. The molecular weight excluding hydrogens is 254 g/mol. The first kappa shape index (κ1) is 12.7. The molecule has 1 aliphatic heterocycles. The van der Waals surface area contributed by atoms with Gasteiger partial charge in [-0.2, -0.15) is 0 Å². The van der Waals surface area contributed by atoms with Gasteiger partial charge in [0.2, 0.25) is 0 Å². The lowest BCUT2D eigenvalue weighted by Crippen LogP contribution is -2.40. The highest BCUT2D eigenvalue weighted by Crippen LogP contribution is 2.13. The summed E-state index contributed by atoms with van der Waals surface area (Å²) in [6, 6.07) is 11.0. The van der Waals surface area contributed by atoms with Crippen LogP contribution in [0.5, 0.6) is 0 Å². The number of rotatable bonds is 2. The van der Waals surface area contributed by atoms with E-state index in [9.17, 15) is 4.79 Å². The van der Waals surface area contributed by atoms with Crippen LogP contribution < -0.4 is 16.2 Å². The SMILES string of the molecule is Nc1ccc(-n2cccc(N3CCOCC3)c2=O)cc1. The molecule has 0 spiro atoms. The second-order valence-electron chi connectivity index (χ2n) is 4.76. The highest BCUT2D eigenvalue weighted by molar-refractivity contribution is 5.49. The van der Waals surface area contributed by atoms with Gasteiger partial charge in [0.05, 0.1) is 13.2 Å². The maximum atomic E-state index is 12.6. The summed E-state index contributed by atoms with van der Waals surface area (Å²) in [4.78, 5) is 14.7. The van der Waals surface area contributed by atoms with Crippen LogP contribution in [0.15, 0.2) is 47.4 Å². The van der Waals surface area contributed by atoms with E-state index < -0.39 is 0 Å². The Morgan fingerprint density at radius 3 is 2.45 bits per heavy atom. The van der Waals surface area contributed by atoms with E-state index >= 15 is 0 Å². The average Bonchev–Trinajstić information content (AvgIpc) is 2.49. The molecule has 0 aliphatic carbocycles. The zero-order chi connectivity index (χ0) is 13.9. The van der Waals surface area contributed by atoms with E-state index in [2.05, 4.69) is 4.90 Å². The summed E-state index contributed by atoms with van der Waals surface area (Å²) in [6.45, 7) is 2.83. The molecule has 1 aliphatic rings. The van der Waals surface area contributed by atoms with Crippen LogP contribution in [0, 0.1) is 0 Å². The Labute approximate surface area is 117 Å². The van der Waals surface area contributed by atoms with Crippen molar-refractivity contribution in [3.05, 3.63) is 52.9 Å². The fourth-order valence-corrected chi connectivity index (χ4v) is 2.37. The third kappa shape index (κ3) is 2.40. The van der Waals surface area contributed by atoms with Crippen molar-refractivity contribution in [2.45, 2.75) is 0 Å². The third-order valence-corrected chi connectivity index (χ3v) is 3.45. The van der Waals surface area contributed by atoms with Gasteiger partial charge in [-0.15, -0.1) is 0 Å². The van der Waals surface area contributed by atoms with Crippen molar-refractivity contribution in [1.82, 2.24) is 4.57 Å². The van der Waals surface area contributed by atoms with Crippen LogP contribution in [0.4, 0.5) is 11.4 Å². The third-order valence-electron chi connectivity index (χ3n) is 3.45. The van der Waals surface area contributed by atoms with Crippen molar-refractivity contribution in [3.63, 3.8) is 0 Å². The van der Waals surface area contributed by atoms with Crippen molar-refractivity contribution in [3.8, 4) is 5.69 Å². The summed E-state index contributed by atoms with van der Waals surface area (Å²) in [5, 5.41) is 0. The molecule has 2 aromatic rings. The number of ether oxygens (including phenoxy) is 1. The number of anilines is 2. The van der Waals surface area contributed by atoms with Gasteiger partial charge in [-0.3, -0.25) is 9.36 Å². The lowest BCUT2D eigenvalue weighted by molar-refractivity contribution is 0.122. The molecule has 0 saturated carbocycles. The normalized spacial score (nSPS) is 15.3. The second-order valence-corrected chi connectivity index (χ2v) is 4.76. The quantitative estimate of drug-likeness (QED) is 0.835. The molecule has 1 aromatic carbocycles. The van der Waals surface area contributed by atoms with E-state index in [1.807, 2.05) is 24.3 Å². The lowest BCUT2D eigenvalue weighted by Gasteiger charge is -2.28. The number of nitrogen functional groups attached to an aromatic ring is 1. The summed E-state index contributed by atoms with van der Waals surface area (Å²) in [5.74, 6) is 0. The van der Waals surface area contributed by atoms with E-state index in [0.717, 1.165) is 18.8 Å². The van der Waals surface area contributed by atoms with Gasteiger partial charge >= 0.3 is 0 Å². The minimum atomic E-state index is -0.0147. The van der Waals surface area contributed by atoms with Gasteiger partial charge in [0.15, 0.2) is 0 Å². The Hall–Kier alpha value is -2.27. The fraction of sp³-hybridized carbons (Fsp3) is 0.267. The summed E-state index contributed by atoms with van der Waals surface area (Å²) >= 11 is 0. The maximum Gasteiger partial charge on any atom is 0.278 e. The molecule has 5 heteroatoms. The first-order valence-corrected chi connectivity index (χ1v) is 6.66. The summed E-state index contributed by atoms with van der Waals surface area (Å²) in [5.41, 5.74) is 7.89. The van der Waals surface area contributed by atoms with Crippen LogP contribution in [0.25, 0.3) is 5.69 Å².